The van der Waals surface area contributed by atoms with Gasteiger partial charge in [-0.15, -0.1) is 0 Å². The SMILES string of the molecule is O=C(C=Cc1ccc2c(c1)OCO2)N1CCC(Oc2cccc3cccnc23)C1. The number of carbonyl (C=O) groups is 1. The molecule has 146 valence electrons. The summed E-state index contributed by atoms with van der Waals surface area (Å²) in [6.07, 6.45) is 5.92. The number of hydrogen-bond donors (Lipinski definition) is 0. The summed E-state index contributed by atoms with van der Waals surface area (Å²) in [6.45, 7) is 1.48. The Morgan fingerprint density at radius 2 is 2.03 bits per heavy atom. The minimum atomic E-state index is -0.0366. The van der Waals surface area contributed by atoms with Crippen LogP contribution in [-0.2, 0) is 4.79 Å². The lowest BCUT2D eigenvalue weighted by Gasteiger charge is -2.16. The van der Waals surface area contributed by atoms with Crippen molar-refractivity contribution in [3.63, 3.8) is 0 Å². The second-order valence-electron chi connectivity index (χ2n) is 7.09. The molecular weight excluding hydrogens is 368 g/mol. The van der Waals surface area contributed by atoms with Crippen molar-refractivity contribution in [1.29, 1.82) is 0 Å². The number of aromatic nitrogens is 1. The van der Waals surface area contributed by atoms with Crippen molar-refractivity contribution in [2.24, 2.45) is 0 Å². The fraction of sp³-hybridized carbons (Fsp3) is 0.217. The Bertz CT molecular complexity index is 1090. The van der Waals surface area contributed by atoms with E-state index >= 15 is 0 Å². The van der Waals surface area contributed by atoms with Gasteiger partial charge in [-0.05, 0) is 35.9 Å². The fourth-order valence-corrected chi connectivity index (χ4v) is 3.67. The molecule has 0 saturated carbocycles. The Morgan fingerprint density at radius 3 is 3.00 bits per heavy atom. The normalized spacial score (nSPS) is 17.9. The Kier molecular flexibility index (Phi) is 4.52. The number of likely N-dealkylation sites (tertiary alicyclic amines) is 1. The summed E-state index contributed by atoms with van der Waals surface area (Å²) >= 11 is 0. The lowest BCUT2D eigenvalue weighted by molar-refractivity contribution is -0.125. The summed E-state index contributed by atoms with van der Waals surface area (Å²) in [5.74, 6) is 2.18. The minimum Gasteiger partial charge on any atom is -0.486 e. The Balaban J connectivity index is 1.23. The molecule has 1 fully saturated rings. The van der Waals surface area contributed by atoms with Gasteiger partial charge in [-0.25, -0.2) is 0 Å². The third-order valence-corrected chi connectivity index (χ3v) is 5.16. The van der Waals surface area contributed by atoms with Gasteiger partial charge >= 0.3 is 0 Å². The van der Waals surface area contributed by atoms with E-state index in [2.05, 4.69) is 4.98 Å². The summed E-state index contributed by atoms with van der Waals surface area (Å²) < 4.78 is 16.9. The van der Waals surface area contributed by atoms with Crippen LogP contribution in [0.1, 0.15) is 12.0 Å². The number of amides is 1. The van der Waals surface area contributed by atoms with E-state index < -0.39 is 0 Å². The zero-order valence-corrected chi connectivity index (χ0v) is 15.8. The maximum atomic E-state index is 12.6. The molecule has 0 spiro atoms. The van der Waals surface area contributed by atoms with Crippen molar-refractivity contribution in [2.45, 2.75) is 12.5 Å². The topological polar surface area (TPSA) is 60.9 Å². The number of rotatable bonds is 4. The van der Waals surface area contributed by atoms with E-state index in [-0.39, 0.29) is 18.8 Å². The molecule has 1 atom stereocenters. The Hall–Kier alpha value is -3.54. The van der Waals surface area contributed by atoms with Gasteiger partial charge in [0, 0.05) is 30.6 Å². The van der Waals surface area contributed by atoms with E-state index in [9.17, 15) is 4.79 Å². The van der Waals surface area contributed by atoms with Gasteiger partial charge in [-0.1, -0.05) is 24.3 Å². The molecule has 2 aromatic carbocycles. The predicted molar refractivity (Wildman–Crippen MR) is 109 cm³/mol. The molecule has 6 heteroatoms. The molecule has 3 heterocycles. The molecular formula is C23H20N2O4. The van der Waals surface area contributed by atoms with E-state index in [1.807, 2.05) is 53.4 Å². The van der Waals surface area contributed by atoms with Crippen molar-refractivity contribution in [1.82, 2.24) is 9.88 Å². The van der Waals surface area contributed by atoms with E-state index in [0.717, 1.165) is 34.4 Å². The van der Waals surface area contributed by atoms with Gasteiger partial charge < -0.3 is 19.1 Å². The Labute approximate surface area is 168 Å². The lowest BCUT2D eigenvalue weighted by Crippen LogP contribution is -2.29. The maximum absolute atomic E-state index is 12.6. The molecule has 0 bridgehead atoms. The van der Waals surface area contributed by atoms with Crippen LogP contribution >= 0.6 is 0 Å². The smallest absolute Gasteiger partial charge is 0.246 e. The first-order valence-corrected chi connectivity index (χ1v) is 9.63. The van der Waals surface area contributed by atoms with Crippen LogP contribution in [0.15, 0.2) is 60.8 Å². The largest absolute Gasteiger partial charge is 0.486 e. The van der Waals surface area contributed by atoms with Crippen LogP contribution in [0.25, 0.3) is 17.0 Å². The van der Waals surface area contributed by atoms with Gasteiger partial charge in [0.25, 0.3) is 0 Å². The van der Waals surface area contributed by atoms with Gasteiger partial charge in [-0.3, -0.25) is 9.78 Å². The highest BCUT2D eigenvalue weighted by Gasteiger charge is 2.27. The van der Waals surface area contributed by atoms with Crippen LogP contribution in [0.2, 0.25) is 0 Å². The number of fused-ring (bicyclic) bond motifs is 2. The number of nitrogens with zero attached hydrogens (tertiary/aromatic N) is 2. The molecule has 6 nitrogen and oxygen atoms in total. The standard InChI is InChI=1S/C23H20N2O4/c26-22(9-7-16-6-8-19-21(13-16)28-15-27-19)25-12-10-18(14-25)29-20-5-1-3-17-4-2-11-24-23(17)20/h1-9,11,13,18H,10,12,14-15H2. The second kappa shape index (κ2) is 7.47. The van der Waals surface area contributed by atoms with E-state index in [0.29, 0.717) is 18.8 Å². The van der Waals surface area contributed by atoms with Gasteiger partial charge in [-0.2, -0.15) is 0 Å². The van der Waals surface area contributed by atoms with Crippen LogP contribution in [0.3, 0.4) is 0 Å². The van der Waals surface area contributed by atoms with Crippen molar-refractivity contribution < 1.29 is 19.0 Å². The molecule has 1 amide bonds. The lowest BCUT2D eigenvalue weighted by atomic mass is 10.2. The zero-order valence-electron chi connectivity index (χ0n) is 15.8. The molecule has 0 N–H and O–H groups in total. The summed E-state index contributed by atoms with van der Waals surface area (Å²) in [7, 11) is 0. The van der Waals surface area contributed by atoms with Crippen molar-refractivity contribution in [3.05, 3.63) is 66.4 Å². The van der Waals surface area contributed by atoms with E-state index in [4.69, 9.17) is 14.2 Å². The van der Waals surface area contributed by atoms with Gasteiger partial charge in [0.05, 0.1) is 6.54 Å². The quantitative estimate of drug-likeness (QED) is 0.639. The number of hydrogen-bond acceptors (Lipinski definition) is 5. The van der Waals surface area contributed by atoms with E-state index in [1.165, 1.54) is 0 Å². The first-order valence-electron chi connectivity index (χ1n) is 9.63. The number of carbonyl (C=O) groups excluding carboxylic acids is 1. The van der Waals surface area contributed by atoms with Crippen molar-refractivity contribution in [2.75, 3.05) is 19.9 Å². The number of para-hydroxylation sites is 1. The Morgan fingerprint density at radius 1 is 1.14 bits per heavy atom. The fourth-order valence-electron chi connectivity index (χ4n) is 3.67. The molecule has 3 aromatic rings. The monoisotopic (exact) mass is 388 g/mol. The average Bonchev–Trinajstić information content (AvgIpc) is 3.41. The molecule has 5 rings (SSSR count). The van der Waals surface area contributed by atoms with Crippen LogP contribution in [0.4, 0.5) is 0 Å². The van der Waals surface area contributed by atoms with Gasteiger partial charge in [0.15, 0.2) is 11.5 Å². The molecule has 0 aliphatic carbocycles. The van der Waals surface area contributed by atoms with Crippen LogP contribution in [0.5, 0.6) is 17.2 Å². The third kappa shape index (κ3) is 3.61. The number of pyridine rings is 1. The molecule has 2 aliphatic rings. The third-order valence-electron chi connectivity index (χ3n) is 5.16. The van der Waals surface area contributed by atoms with E-state index in [1.54, 1.807) is 18.3 Å². The van der Waals surface area contributed by atoms with Crippen LogP contribution < -0.4 is 14.2 Å². The molecule has 29 heavy (non-hydrogen) atoms. The predicted octanol–water partition coefficient (Wildman–Crippen LogP) is 3.66. The first-order chi connectivity index (χ1) is 14.3. The summed E-state index contributed by atoms with van der Waals surface area (Å²) in [5.41, 5.74) is 1.75. The molecule has 0 radical (unpaired) electrons. The van der Waals surface area contributed by atoms with Gasteiger partial charge in [0.1, 0.15) is 17.4 Å². The highest BCUT2D eigenvalue weighted by atomic mass is 16.7. The molecule has 1 unspecified atom stereocenters. The first kappa shape index (κ1) is 17.6. The number of benzene rings is 2. The van der Waals surface area contributed by atoms with Crippen LogP contribution in [-0.4, -0.2) is 41.8 Å². The van der Waals surface area contributed by atoms with Crippen LogP contribution in [0, 0.1) is 0 Å². The maximum Gasteiger partial charge on any atom is 0.246 e. The van der Waals surface area contributed by atoms with Crippen molar-refractivity contribution in [3.8, 4) is 17.2 Å². The summed E-state index contributed by atoms with van der Waals surface area (Å²) in [5, 5.41) is 1.04. The second-order valence-corrected chi connectivity index (χ2v) is 7.09. The minimum absolute atomic E-state index is 0.0233. The van der Waals surface area contributed by atoms with Crippen molar-refractivity contribution >= 4 is 22.9 Å². The summed E-state index contributed by atoms with van der Waals surface area (Å²) in [4.78, 5) is 18.8. The van der Waals surface area contributed by atoms with Gasteiger partial charge in [0.2, 0.25) is 12.7 Å². The average molecular weight is 388 g/mol. The highest BCUT2D eigenvalue weighted by molar-refractivity contribution is 5.92. The molecule has 2 aliphatic heterocycles. The number of ether oxygens (including phenoxy) is 3. The zero-order chi connectivity index (χ0) is 19.6. The molecule has 1 saturated heterocycles. The summed E-state index contributed by atoms with van der Waals surface area (Å²) in [6, 6.07) is 15.5. The highest BCUT2D eigenvalue weighted by Crippen LogP contribution is 2.33. The molecule has 1 aromatic heterocycles.